The van der Waals surface area contributed by atoms with E-state index in [0.717, 1.165) is 11.3 Å². The van der Waals surface area contributed by atoms with Crippen molar-refractivity contribution in [2.75, 3.05) is 10.2 Å². The zero-order valence-corrected chi connectivity index (χ0v) is 20.1. The van der Waals surface area contributed by atoms with Gasteiger partial charge in [0, 0.05) is 35.9 Å². The van der Waals surface area contributed by atoms with Gasteiger partial charge in [0.25, 0.3) is 0 Å². The van der Waals surface area contributed by atoms with Gasteiger partial charge in [0.15, 0.2) is 10.3 Å². The molecule has 2 amide bonds. The number of aryl methyl sites for hydroxylation is 1. The van der Waals surface area contributed by atoms with Gasteiger partial charge < -0.3 is 0 Å². The summed E-state index contributed by atoms with van der Waals surface area (Å²) in [6, 6.07) is 14.3. The summed E-state index contributed by atoms with van der Waals surface area (Å²) in [5.41, 5.74) is 3.00. The average molecular weight is 493 g/mol. The Morgan fingerprint density at radius 2 is 1.91 bits per heavy atom. The first-order valence-electron chi connectivity index (χ1n) is 10.4. The van der Waals surface area contributed by atoms with Gasteiger partial charge >= 0.3 is 0 Å². The van der Waals surface area contributed by atoms with Crippen LogP contribution in [0.1, 0.15) is 28.6 Å². The lowest BCUT2D eigenvalue weighted by Crippen LogP contribution is -2.23. The Kier molecular flexibility index (Phi) is 7.24. The summed E-state index contributed by atoms with van der Waals surface area (Å²) in [4.78, 5) is 35.4. The van der Waals surface area contributed by atoms with Crippen molar-refractivity contribution in [3.63, 3.8) is 0 Å². The first-order chi connectivity index (χ1) is 16.4. The van der Waals surface area contributed by atoms with E-state index in [1.165, 1.54) is 69.9 Å². The van der Waals surface area contributed by atoms with Crippen molar-refractivity contribution in [3.05, 3.63) is 93.7 Å². The lowest BCUT2D eigenvalue weighted by atomic mass is 10.1. The smallest absolute Gasteiger partial charge is 0.250 e. The second-order valence-electron chi connectivity index (χ2n) is 7.48. The monoisotopic (exact) mass is 492 g/mol. The minimum Gasteiger partial charge on any atom is -0.298 e. The van der Waals surface area contributed by atoms with Crippen LogP contribution < -0.4 is 10.2 Å². The van der Waals surface area contributed by atoms with Gasteiger partial charge in [0.1, 0.15) is 5.82 Å². The Hall–Kier alpha value is -3.69. The number of rotatable bonds is 7. The van der Waals surface area contributed by atoms with Gasteiger partial charge in [-0.15, -0.1) is 22.7 Å². The third kappa shape index (κ3) is 5.81. The Balaban J connectivity index is 1.39. The summed E-state index contributed by atoms with van der Waals surface area (Å²) < 4.78 is 14.2. The van der Waals surface area contributed by atoms with Crippen LogP contribution >= 0.6 is 22.7 Å². The third-order valence-corrected chi connectivity index (χ3v) is 6.55. The predicted molar refractivity (Wildman–Crippen MR) is 135 cm³/mol. The fourth-order valence-corrected chi connectivity index (χ4v) is 4.86. The van der Waals surface area contributed by atoms with Crippen LogP contribution in [0.4, 0.5) is 20.3 Å². The molecule has 172 valence electrons. The molecular weight excluding hydrogens is 471 g/mol. The number of anilines is 3. The molecule has 0 aliphatic carbocycles. The molecule has 2 aromatic heterocycles. The molecule has 0 spiro atoms. The van der Waals surface area contributed by atoms with Crippen molar-refractivity contribution in [3.8, 4) is 0 Å². The molecule has 2 aromatic carbocycles. The molecule has 9 heteroatoms. The van der Waals surface area contributed by atoms with Crippen LogP contribution in [0.25, 0.3) is 6.08 Å². The van der Waals surface area contributed by atoms with Crippen LogP contribution in [0.15, 0.2) is 66.2 Å². The zero-order valence-electron chi connectivity index (χ0n) is 18.5. The maximum Gasteiger partial charge on any atom is 0.250 e. The maximum absolute atomic E-state index is 14.2. The minimum absolute atomic E-state index is 0.128. The molecule has 0 bridgehead atoms. The van der Waals surface area contributed by atoms with Crippen LogP contribution in [0.5, 0.6) is 0 Å². The first kappa shape index (κ1) is 23.5. The number of hydrogen-bond donors (Lipinski definition) is 1. The van der Waals surface area contributed by atoms with E-state index >= 15 is 0 Å². The number of thiazole rings is 2. The molecule has 4 rings (SSSR count). The van der Waals surface area contributed by atoms with E-state index in [9.17, 15) is 14.0 Å². The molecule has 0 radical (unpaired) electrons. The van der Waals surface area contributed by atoms with Gasteiger partial charge in [0.2, 0.25) is 11.8 Å². The Morgan fingerprint density at radius 3 is 2.65 bits per heavy atom. The number of nitrogens with zero attached hydrogens (tertiary/aromatic N) is 3. The van der Waals surface area contributed by atoms with Crippen LogP contribution in [0, 0.1) is 12.7 Å². The van der Waals surface area contributed by atoms with Crippen LogP contribution in [-0.4, -0.2) is 21.8 Å². The van der Waals surface area contributed by atoms with Crippen LogP contribution in [0.2, 0.25) is 0 Å². The van der Waals surface area contributed by atoms with Gasteiger partial charge in [-0.05, 0) is 30.7 Å². The van der Waals surface area contributed by atoms with Gasteiger partial charge in [0.05, 0.1) is 11.4 Å². The summed E-state index contributed by atoms with van der Waals surface area (Å²) in [7, 11) is 0. The molecule has 0 unspecified atom stereocenters. The normalized spacial score (nSPS) is 11.0. The number of halogens is 1. The lowest BCUT2D eigenvalue weighted by molar-refractivity contribution is -0.116. The Morgan fingerprint density at radius 1 is 1.15 bits per heavy atom. The van der Waals surface area contributed by atoms with E-state index in [1.54, 1.807) is 23.7 Å². The number of benzene rings is 2. The molecule has 0 aliphatic heterocycles. The Labute approximate surface area is 204 Å². The van der Waals surface area contributed by atoms with Gasteiger partial charge in [-0.2, -0.15) is 0 Å². The van der Waals surface area contributed by atoms with Crippen molar-refractivity contribution < 1.29 is 14.0 Å². The van der Waals surface area contributed by atoms with E-state index in [4.69, 9.17) is 0 Å². The SMILES string of the molecule is CC(=O)N(c1nc(/C=C/C(=O)Nc2ncc(Cc3ccc(C)cc3)s2)cs1)c1ccccc1F. The molecule has 6 nitrogen and oxygen atoms in total. The van der Waals surface area contributed by atoms with Crippen LogP contribution in [-0.2, 0) is 16.0 Å². The lowest BCUT2D eigenvalue weighted by Gasteiger charge is -2.18. The van der Waals surface area contributed by atoms with E-state index in [2.05, 4.69) is 39.6 Å². The van der Waals surface area contributed by atoms with E-state index in [0.29, 0.717) is 16.0 Å². The summed E-state index contributed by atoms with van der Waals surface area (Å²) in [6.45, 7) is 3.39. The summed E-state index contributed by atoms with van der Waals surface area (Å²) in [5, 5.41) is 5.28. The summed E-state index contributed by atoms with van der Waals surface area (Å²) >= 11 is 2.61. The standard InChI is InChI=1S/C25H21FN4O2S2/c1-16-7-9-18(10-8-16)13-20-14-27-24(34-20)29-23(32)12-11-19-15-33-25(28-19)30(17(2)31)22-6-4-3-5-21(22)26/h3-12,14-15H,13H2,1-2H3,(H,27,29,32)/b12-11+. The van der Waals surface area contributed by atoms with E-state index < -0.39 is 5.82 Å². The van der Waals surface area contributed by atoms with Crippen LogP contribution in [0.3, 0.4) is 0 Å². The molecule has 0 saturated heterocycles. The van der Waals surface area contributed by atoms with Gasteiger partial charge in [-0.25, -0.2) is 14.4 Å². The molecule has 2 heterocycles. The fraction of sp³-hybridized carbons (Fsp3) is 0.120. The molecule has 0 atom stereocenters. The largest absolute Gasteiger partial charge is 0.298 e. The minimum atomic E-state index is -0.519. The summed E-state index contributed by atoms with van der Waals surface area (Å²) in [5.74, 6) is -1.23. The van der Waals surface area contributed by atoms with Gasteiger partial charge in [-0.1, -0.05) is 42.0 Å². The molecule has 34 heavy (non-hydrogen) atoms. The van der Waals surface area contributed by atoms with E-state index in [1.807, 2.05) is 6.92 Å². The Bertz CT molecular complexity index is 1340. The highest BCUT2D eigenvalue weighted by Crippen LogP contribution is 2.31. The number of amides is 2. The number of aromatic nitrogens is 2. The number of nitrogens with one attached hydrogen (secondary N) is 1. The second kappa shape index (κ2) is 10.5. The maximum atomic E-state index is 14.2. The first-order valence-corrected chi connectivity index (χ1v) is 12.1. The molecule has 0 fully saturated rings. The highest BCUT2D eigenvalue weighted by atomic mass is 32.1. The third-order valence-electron chi connectivity index (χ3n) is 4.80. The molecule has 4 aromatic rings. The highest BCUT2D eigenvalue weighted by molar-refractivity contribution is 7.15. The summed E-state index contributed by atoms with van der Waals surface area (Å²) in [6.07, 6.45) is 5.40. The highest BCUT2D eigenvalue weighted by Gasteiger charge is 2.20. The van der Waals surface area contributed by atoms with Crippen molar-refractivity contribution in [1.82, 2.24) is 9.97 Å². The predicted octanol–water partition coefficient (Wildman–Crippen LogP) is 5.97. The number of hydrogen-bond acceptors (Lipinski definition) is 6. The number of carbonyl (C=O) groups excluding carboxylic acids is 2. The molecule has 0 aliphatic rings. The van der Waals surface area contributed by atoms with Crippen molar-refractivity contribution >= 4 is 56.5 Å². The molecule has 0 saturated carbocycles. The zero-order chi connectivity index (χ0) is 24.1. The number of carbonyl (C=O) groups is 2. The van der Waals surface area contributed by atoms with E-state index in [-0.39, 0.29) is 17.5 Å². The molecule has 1 N–H and O–H groups in total. The second-order valence-corrected chi connectivity index (χ2v) is 9.43. The molecular formula is C25H21FN4O2S2. The topological polar surface area (TPSA) is 75.2 Å². The van der Waals surface area contributed by atoms with Crippen molar-refractivity contribution in [2.45, 2.75) is 20.3 Å². The van der Waals surface area contributed by atoms with Crippen molar-refractivity contribution in [2.24, 2.45) is 0 Å². The number of para-hydroxylation sites is 1. The fourth-order valence-electron chi connectivity index (χ4n) is 3.16. The van der Waals surface area contributed by atoms with Gasteiger partial charge in [-0.3, -0.25) is 19.8 Å². The quantitative estimate of drug-likeness (QED) is 0.322. The van der Waals surface area contributed by atoms with Crippen molar-refractivity contribution in [1.29, 1.82) is 0 Å². The average Bonchev–Trinajstić information content (AvgIpc) is 3.45.